The molecule has 1 saturated heterocycles. The molecule has 88 valence electrons. The number of hydrogen-bond acceptors (Lipinski definition) is 5. The SMILES string of the molecule is CC(C)[C@@H]1OC(C(=O)O)[C@@H](O)[C@H](O)C1O. The Morgan fingerprint density at radius 2 is 1.67 bits per heavy atom. The highest BCUT2D eigenvalue weighted by atomic mass is 16.6. The predicted molar refractivity (Wildman–Crippen MR) is 49.2 cm³/mol. The van der Waals surface area contributed by atoms with Crippen LogP contribution in [0.5, 0.6) is 0 Å². The van der Waals surface area contributed by atoms with Crippen molar-refractivity contribution in [2.75, 3.05) is 0 Å². The zero-order valence-electron chi connectivity index (χ0n) is 8.57. The van der Waals surface area contributed by atoms with Crippen molar-refractivity contribution >= 4 is 5.97 Å². The molecule has 1 aliphatic heterocycles. The topological polar surface area (TPSA) is 107 Å². The Kier molecular flexibility index (Phi) is 3.67. The summed E-state index contributed by atoms with van der Waals surface area (Å²) in [6.45, 7) is 3.47. The lowest BCUT2D eigenvalue weighted by Crippen LogP contribution is -2.60. The molecule has 15 heavy (non-hydrogen) atoms. The molecule has 4 N–H and O–H groups in total. The number of carboxylic acid groups (broad SMARTS) is 1. The van der Waals surface area contributed by atoms with Gasteiger partial charge in [-0.25, -0.2) is 4.79 Å². The van der Waals surface area contributed by atoms with E-state index < -0.39 is 36.5 Å². The third-order valence-electron chi connectivity index (χ3n) is 2.55. The average Bonchev–Trinajstić information content (AvgIpc) is 2.13. The first-order chi connectivity index (χ1) is 6.86. The van der Waals surface area contributed by atoms with Crippen LogP contribution in [0.4, 0.5) is 0 Å². The third kappa shape index (κ3) is 2.28. The lowest BCUT2D eigenvalue weighted by molar-refractivity contribution is -0.235. The van der Waals surface area contributed by atoms with Crippen LogP contribution in [0.3, 0.4) is 0 Å². The van der Waals surface area contributed by atoms with E-state index in [-0.39, 0.29) is 5.92 Å². The molecule has 0 aliphatic carbocycles. The van der Waals surface area contributed by atoms with Gasteiger partial charge in [-0.05, 0) is 5.92 Å². The molecule has 0 bridgehead atoms. The largest absolute Gasteiger partial charge is 0.479 e. The number of aliphatic hydroxyl groups excluding tert-OH is 3. The summed E-state index contributed by atoms with van der Waals surface area (Å²) in [5, 5.41) is 37.1. The quantitative estimate of drug-likeness (QED) is 0.455. The highest BCUT2D eigenvalue weighted by Crippen LogP contribution is 2.25. The van der Waals surface area contributed by atoms with Gasteiger partial charge in [0.2, 0.25) is 0 Å². The molecule has 0 radical (unpaired) electrons. The van der Waals surface area contributed by atoms with Crippen LogP contribution in [0, 0.1) is 5.92 Å². The number of aliphatic carboxylic acids is 1. The van der Waals surface area contributed by atoms with Gasteiger partial charge in [0.1, 0.15) is 18.3 Å². The van der Waals surface area contributed by atoms with Gasteiger partial charge in [-0.1, -0.05) is 13.8 Å². The van der Waals surface area contributed by atoms with Crippen LogP contribution < -0.4 is 0 Å². The molecular formula is C9H16O6. The van der Waals surface area contributed by atoms with E-state index in [9.17, 15) is 20.1 Å². The molecule has 6 nitrogen and oxygen atoms in total. The van der Waals surface area contributed by atoms with E-state index in [1.54, 1.807) is 13.8 Å². The summed E-state index contributed by atoms with van der Waals surface area (Å²) >= 11 is 0. The summed E-state index contributed by atoms with van der Waals surface area (Å²) < 4.78 is 5.04. The predicted octanol–water partition coefficient (Wildman–Crippen LogP) is -1.42. The minimum atomic E-state index is -1.60. The molecule has 0 aromatic carbocycles. The van der Waals surface area contributed by atoms with E-state index in [4.69, 9.17) is 9.84 Å². The molecule has 0 saturated carbocycles. The summed E-state index contributed by atoms with van der Waals surface area (Å²) in [5.41, 5.74) is 0. The fraction of sp³-hybridized carbons (Fsp3) is 0.889. The third-order valence-corrected chi connectivity index (χ3v) is 2.55. The molecule has 2 unspecified atom stereocenters. The van der Waals surface area contributed by atoms with E-state index in [1.165, 1.54) is 0 Å². The van der Waals surface area contributed by atoms with Crippen molar-refractivity contribution in [3.05, 3.63) is 0 Å². The van der Waals surface area contributed by atoms with Crippen LogP contribution in [0.2, 0.25) is 0 Å². The molecule has 1 heterocycles. The van der Waals surface area contributed by atoms with Crippen molar-refractivity contribution < 1.29 is 30.0 Å². The molecule has 6 heteroatoms. The van der Waals surface area contributed by atoms with Gasteiger partial charge in [0, 0.05) is 0 Å². The standard InChI is InChI=1S/C9H16O6/c1-3(2)7-5(11)4(10)6(12)8(15-7)9(13)14/h3-8,10-12H,1-2H3,(H,13,14)/t4-,5?,6+,7+,8?/m1/s1. The minimum absolute atomic E-state index is 0.149. The van der Waals surface area contributed by atoms with Crippen LogP contribution in [-0.2, 0) is 9.53 Å². The zero-order valence-corrected chi connectivity index (χ0v) is 8.57. The first-order valence-corrected chi connectivity index (χ1v) is 4.78. The van der Waals surface area contributed by atoms with Crippen LogP contribution in [0.25, 0.3) is 0 Å². The second-order valence-electron chi connectivity index (χ2n) is 4.08. The van der Waals surface area contributed by atoms with Crippen LogP contribution >= 0.6 is 0 Å². The van der Waals surface area contributed by atoms with Crippen LogP contribution in [0.15, 0.2) is 0 Å². The number of ether oxygens (including phenoxy) is 1. The van der Waals surface area contributed by atoms with Gasteiger partial charge in [-0.15, -0.1) is 0 Å². The molecule has 5 atom stereocenters. The van der Waals surface area contributed by atoms with Gasteiger partial charge in [0.05, 0.1) is 6.10 Å². The normalized spacial score (nSPS) is 41.9. The van der Waals surface area contributed by atoms with E-state index in [1.807, 2.05) is 0 Å². The van der Waals surface area contributed by atoms with Crippen molar-refractivity contribution in [1.82, 2.24) is 0 Å². The molecule has 1 fully saturated rings. The Bertz CT molecular complexity index is 241. The Morgan fingerprint density at radius 3 is 2.07 bits per heavy atom. The molecule has 0 amide bonds. The van der Waals surface area contributed by atoms with E-state index in [0.717, 1.165) is 0 Å². The molecule has 0 aromatic heterocycles. The Balaban J connectivity index is 2.85. The highest BCUT2D eigenvalue weighted by Gasteiger charge is 2.47. The fourth-order valence-electron chi connectivity index (χ4n) is 1.66. The van der Waals surface area contributed by atoms with Gasteiger partial charge >= 0.3 is 5.97 Å². The highest BCUT2D eigenvalue weighted by molar-refractivity contribution is 5.73. The molecule has 1 aliphatic rings. The maximum atomic E-state index is 10.7. The molecule has 0 aromatic rings. The zero-order chi connectivity index (χ0) is 11.7. The van der Waals surface area contributed by atoms with E-state index in [0.29, 0.717) is 0 Å². The molecule has 1 rings (SSSR count). The Labute approximate surface area is 87.1 Å². The molecular weight excluding hydrogens is 204 g/mol. The van der Waals surface area contributed by atoms with Gasteiger partial charge < -0.3 is 25.2 Å². The van der Waals surface area contributed by atoms with Crippen molar-refractivity contribution in [2.45, 2.75) is 44.4 Å². The van der Waals surface area contributed by atoms with Gasteiger partial charge in [-0.2, -0.15) is 0 Å². The summed E-state index contributed by atoms with van der Waals surface area (Å²) in [5.74, 6) is -1.50. The van der Waals surface area contributed by atoms with E-state index >= 15 is 0 Å². The monoisotopic (exact) mass is 220 g/mol. The maximum absolute atomic E-state index is 10.7. The number of aliphatic hydroxyl groups is 3. The fourth-order valence-corrected chi connectivity index (χ4v) is 1.66. The summed E-state index contributed by atoms with van der Waals surface area (Å²) in [6, 6.07) is 0. The lowest BCUT2D eigenvalue weighted by atomic mass is 9.89. The number of carbonyl (C=O) groups is 1. The Morgan fingerprint density at radius 1 is 1.13 bits per heavy atom. The summed E-state index contributed by atoms with van der Waals surface area (Å²) in [6.07, 6.45) is -6.64. The smallest absolute Gasteiger partial charge is 0.335 e. The first kappa shape index (κ1) is 12.4. The van der Waals surface area contributed by atoms with E-state index in [2.05, 4.69) is 0 Å². The second-order valence-corrected chi connectivity index (χ2v) is 4.08. The van der Waals surface area contributed by atoms with Crippen LogP contribution in [-0.4, -0.2) is 56.9 Å². The Hall–Kier alpha value is -0.690. The number of rotatable bonds is 2. The second kappa shape index (κ2) is 4.44. The van der Waals surface area contributed by atoms with Crippen molar-refractivity contribution in [2.24, 2.45) is 5.92 Å². The van der Waals surface area contributed by atoms with Gasteiger partial charge in [-0.3, -0.25) is 0 Å². The van der Waals surface area contributed by atoms with Crippen LogP contribution in [0.1, 0.15) is 13.8 Å². The first-order valence-electron chi connectivity index (χ1n) is 4.78. The van der Waals surface area contributed by atoms with Crippen molar-refractivity contribution in [1.29, 1.82) is 0 Å². The number of hydrogen-bond donors (Lipinski definition) is 4. The number of carboxylic acids is 1. The van der Waals surface area contributed by atoms with Gasteiger partial charge in [0.25, 0.3) is 0 Å². The maximum Gasteiger partial charge on any atom is 0.335 e. The summed E-state index contributed by atoms with van der Waals surface area (Å²) in [7, 11) is 0. The molecule has 0 spiro atoms. The lowest BCUT2D eigenvalue weighted by Gasteiger charge is -2.40. The van der Waals surface area contributed by atoms with Crippen molar-refractivity contribution in [3.63, 3.8) is 0 Å². The van der Waals surface area contributed by atoms with Crippen molar-refractivity contribution in [3.8, 4) is 0 Å². The summed E-state index contributed by atoms with van der Waals surface area (Å²) in [4.78, 5) is 10.7. The van der Waals surface area contributed by atoms with Gasteiger partial charge in [0.15, 0.2) is 6.10 Å². The minimum Gasteiger partial charge on any atom is -0.479 e. The average molecular weight is 220 g/mol.